The molecule has 3 aliphatic rings. The molecule has 3 aliphatic carbocycles. The molecule has 1 N–H and O–H groups in total. The summed E-state index contributed by atoms with van der Waals surface area (Å²) < 4.78 is 0. The van der Waals surface area contributed by atoms with Crippen molar-refractivity contribution < 1.29 is 5.11 Å². The van der Waals surface area contributed by atoms with Gasteiger partial charge in [0.2, 0.25) is 0 Å². The van der Waals surface area contributed by atoms with Gasteiger partial charge in [0.25, 0.3) is 0 Å². The molecule has 6 unspecified atom stereocenters. The highest BCUT2D eigenvalue weighted by molar-refractivity contribution is 5.26. The summed E-state index contributed by atoms with van der Waals surface area (Å²) in [5.74, 6) is 4.09. The predicted octanol–water partition coefficient (Wildman–Crippen LogP) is 3.24. The Morgan fingerprint density at radius 1 is 1.44 bits per heavy atom. The zero-order valence-electron chi connectivity index (χ0n) is 10.7. The molecule has 3 rings (SSSR count). The number of aliphatic hydroxyl groups excluding tert-OH is 1. The molecule has 3 saturated carbocycles. The lowest BCUT2D eigenvalue weighted by molar-refractivity contribution is -0.0212. The number of allylic oxidation sites excluding steroid dienone is 1. The molecule has 1 heteroatoms. The molecule has 1 nitrogen and oxygen atoms in total. The maximum absolute atomic E-state index is 10.3. The quantitative estimate of drug-likeness (QED) is 0.673. The van der Waals surface area contributed by atoms with Gasteiger partial charge in [-0.1, -0.05) is 32.9 Å². The molecule has 0 aliphatic heterocycles. The van der Waals surface area contributed by atoms with Crippen LogP contribution in [0.3, 0.4) is 0 Å². The number of hydrogen-bond donors (Lipinski definition) is 1. The van der Waals surface area contributed by atoms with Crippen molar-refractivity contribution in [3.05, 3.63) is 12.2 Å². The summed E-state index contributed by atoms with van der Waals surface area (Å²) in [7, 11) is 0. The number of aliphatic hydroxyl groups is 1. The SMILES string of the molecule is C=C1CCC(O)C2(C)CC3C(C(C)C)C3C12. The van der Waals surface area contributed by atoms with Crippen molar-refractivity contribution in [3.8, 4) is 0 Å². The molecule has 0 aromatic rings. The lowest BCUT2D eigenvalue weighted by Gasteiger charge is -2.45. The Morgan fingerprint density at radius 3 is 2.75 bits per heavy atom. The van der Waals surface area contributed by atoms with Crippen molar-refractivity contribution in [3.63, 3.8) is 0 Å². The Kier molecular flexibility index (Phi) is 2.12. The summed E-state index contributed by atoms with van der Waals surface area (Å²) in [5.41, 5.74) is 1.60. The van der Waals surface area contributed by atoms with Crippen LogP contribution in [0, 0.1) is 35.0 Å². The first-order valence-corrected chi connectivity index (χ1v) is 6.82. The van der Waals surface area contributed by atoms with Crippen LogP contribution in [0.1, 0.15) is 40.0 Å². The average Bonchev–Trinajstić information content (AvgIpc) is 2.78. The first-order valence-electron chi connectivity index (χ1n) is 6.82. The van der Waals surface area contributed by atoms with E-state index in [0.29, 0.717) is 5.92 Å². The molecule has 16 heavy (non-hydrogen) atoms. The normalized spacial score (nSPS) is 55.1. The topological polar surface area (TPSA) is 20.2 Å². The van der Waals surface area contributed by atoms with Crippen LogP contribution in [-0.4, -0.2) is 11.2 Å². The minimum absolute atomic E-state index is 0.0800. The second-order valence-corrected chi connectivity index (χ2v) is 6.96. The second-order valence-electron chi connectivity index (χ2n) is 6.96. The van der Waals surface area contributed by atoms with Crippen molar-refractivity contribution in [2.45, 2.75) is 46.1 Å². The molecular weight excluding hydrogens is 196 g/mol. The summed E-state index contributed by atoms with van der Waals surface area (Å²) in [6.45, 7) is 11.3. The molecule has 0 heterocycles. The van der Waals surface area contributed by atoms with Gasteiger partial charge in [0.15, 0.2) is 0 Å². The summed E-state index contributed by atoms with van der Waals surface area (Å²) in [6.07, 6.45) is 3.15. The fraction of sp³-hybridized carbons (Fsp3) is 0.867. The van der Waals surface area contributed by atoms with Gasteiger partial charge in [-0.25, -0.2) is 0 Å². The van der Waals surface area contributed by atoms with Crippen molar-refractivity contribution in [1.29, 1.82) is 0 Å². The molecule has 0 amide bonds. The molecule has 0 spiro atoms. The van der Waals surface area contributed by atoms with Crippen molar-refractivity contribution in [1.82, 2.24) is 0 Å². The van der Waals surface area contributed by atoms with Gasteiger partial charge in [0.1, 0.15) is 0 Å². The first kappa shape index (κ1) is 10.8. The maximum Gasteiger partial charge on any atom is 0.0602 e. The molecule has 0 aromatic carbocycles. The Bertz CT molecular complexity index is 332. The minimum atomic E-state index is -0.0800. The number of rotatable bonds is 1. The van der Waals surface area contributed by atoms with Crippen LogP contribution in [0.4, 0.5) is 0 Å². The molecule has 0 saturated heterocycles. The zero-order valence-corrected chi connectivity index (χ0v) is 10.7. The van der Waals surface area contributed by atoms with E-state index < -0.39 is 0 Å². The first-order chi connectivity index (χ1) is 7.47. The van der Waals surface area contributed by atoms with Crippen LogP contribution in [0.25, 0.3) is 0 Å². The molecule has 90 valence electrons. The molecule has 0 bridgehead atoms. The van der Waals surface area contributed by atoms with Crippen LogP contribution in [0.5, 0.6) is 0 Å². The number of hydrogen-bond acceptors (Lipinski definition) is 1. The van der Waals surface area contributed by atoms with Gasteiger partial charge >= 0.3 is 0 Å². The third kappa shape index (κ3) is 1.16. The third-order valence-electron chi connectivity index (χ3n) is 5.77. The Morgan fingerprint density at radius 2 is 2.12 bits per heavy atom. The second kappa shape index (κ2) is 3.13. The van der Waals surface area contributed by atoms with E-state index >= 15 is 0 Å². The summed E-state index contributed by atoms with van der Waals surface area (Å²) in [5, 5.41) is 10.3. The number of fused-ring (bicyclic) bond motifs is 3. The lowest BCUT2D eigenvalue weighted by Crippen LogP contribution is -2.43. The van der Waals surface area contributed by atoms with Gasteiger partial charge in [-0.2, -0.15) is 0 Å². The van der Waals surface area contributed by atoms with Gasteiger partial charge in [0.05, 0.1) is 6.10 Å². The average molecular weight is 220 g/mol. The van der Waals surface area contributed by atoms with E-state index in [9.17, 15) is 5.11 Å². The largest absolute Gasteiger partial charge is 0.393 e. The predicted molar refractivity (Wildman–Crippen MR) is 65.9 cm³/mol. The van der Waals surface area contributed by atoms with Gasteiger partial charge in [-0.05, 0) is 48.9 Å². The molecule has 0 radical (unpaired) electrons. The summed E-state index contributed by atoms with van der Waals surface area (Å²) in [6, 6.07) is 0. The molecule has 6 atom stereocenters. The monoisotopic (exact) mass is 220 g/mol. The highest BCUT2D eigenvalue weighted by atomic mass is 16.3. The van der Waals surface area contributed by atoms with Gasteiger partial charge in [-0.3, -0.25) is 0 Å². The van der Waals surface area contributed by atoms with Gasteiger partial charge < -0.3 is 5.11 Å². The minimum Gasteiger partial charge on any atom is -0.393 e. The Labute approximate surface area is 98.9 Å². The van der Waals surface area contributed by atoms with Crippen molar-refractivity contribution in [2.75, 3.05) is 0 Å². The lowest BCUT2D eigenvalue weighted by atomic mass is 9.62. The van der Waals surface area contributed by atoms with Crippen LogP contribution >= 0.6 is 0 Å². The molecule has 3 fully saturated rings. The van der Waals surface area contributed by atoms with Gasteiger partial charge in [-0.15, -0.1) is 0 Å². The van der Waals surface area contributed by atoms with Crippen LogP contribution in [0.15, 0.2) is 12.2 Å². The van der Waals surface area contributed by atoms with Crippen LogP contribution in [0.2, 0.25) is 0 Å². The standard InChI is InChI=1S/C15H24O/c1-8(2)12-10-7-15(4)11(16)6-5-9(3)14(15)13(10)12/h8,10-14,16H,3,5-7H2,1-2,4H3. The van der Waals surface area contributed by atoms with Crippen molar-refractivity contribution >= 4 is 0 Å². The smallest absolute Gasteiger partial charge is 0.0602 e. The van der Waals surface area contributed by atoms with E-state index in [-0.39, 0.29) is 11.5 Å². The maximum atomic E-state index is 10.3. The Balaban J connectivity index is 1.89. The van der Waals surface area contributed by atoms with Crippen LogP contribution in [-0.2, 0) is 0 Å². The van der Waals surface area contributed by atoms with E-state index in [2.05, 4.69) is 27.4 Å². The van der Waals surface area contributed by atoms with Crippen LogP contribution < -0.4 is 0 Å². The Hall–Kier alpha value is -0.300. The zero-order chi connectivity index (χ0) is 11.7. The summed E-state index contributed by atoms with van der Waals surface area (Å²) in [4.78, 5) is 0. The van der Waals surface area contributed by atoms with Crippen molar-refractivity contribution in [2.24, 2.45) is 35.0 Å². The molecule has 0 aromatic heterocycles. The van der Waals surface area contributed by atoms with E-state index in [1.165, 1.54) is 12.0 Å². The van der Waals surface area contributed by atoms with E-state index in [1.807, 2.05) is 0 Å². The fourth-order valence-electron chi connectivity index (χ4n) is 5.07. The highest BCUT2D eigenvalue weighted by Crippen LogP contribution is 2.73. The summed E-state index contributed by atoms with van der Waals surface area (Å²) >= 11 is 0. The third-order valence-corrected chi connectivity index (χ3v) is 5.77. The van der Waals surface area contributed by atoms with E-state index in [4.69, 9.17) is 0 Å². The van der Waals surface area contributed by atoms with E-state index in [1.54, 1.807) is 0 Å². The highest BCUT2D eigenvalue weighted by Gasteiger charge is 2.68. The molecular formula is C15H24O. The van der Waals surface area contributed by atoms with E-state index in [0.717, 1.165) is 36.5 Å². The fourth-order valence-corrected chi connectivity index (χ4v) is 5.07. The van der Waals surface area contributed by atoms with Gasteiger partial charge in [0, 0.05) is 5.41 Å².